The second-order valence-corrected chi connectivity index (χ2v) is 8.32. The summed E-state index contributed by atoms with van der Waals surface area (Å²) in [6.45, 7) is 4.40. The molecule has 2 bridgehead atoms. The Balaban J connectivity index is 1.82. The molecule has 0 radical (unpaired) electrons. The highest BCUT2D eigenvalue weighted by molar-refractivity contribution is 5.63. The minimum atomic E-state index is -0.367. The van der Waals surface area contributed by atoms with E-state index in [1.165, 1.54) is 36.0 Å². The molecular formula is C20H26O3. The highest BCUT2D eigenvalue weighted by Crippen LogP contribution is 2.66. The Morgan fingerprint density at radius 1 is 1.39 bits per heavy atom. The zero-order chi connectivity index (χ0) is 15.9. The third kappa shape index (κ3) is 1.51. The number of methoxy groups -OCH3 is 1. The molecule has 1 aliphatic heterocycles. The maximum atomic E-state index is 10.9. The molecule has 23 heavy (non-hydrogen) atoms. The van der Waals surface area contributed by atoms with Gasteiger partial charge in [-0.2, -0.15) is 0 Å². The van der Waals surface area contributed by atoms with Gasteiger partial charge >= 0.3 is 0 Å². The Hall–Kier alpha value is -1.22. The molecule has 6 atom stereocenters. The molecule has 5 rings (SSSR count). The van der Waals surface area contributed by atoms with Crippen LogP contribution in [0.3, 0.4) is 0 Å². The van der Waals surface area contributed by atoms with Gasteiger partial charge in [0, 0.05) is 11.0 Å². The van der Waals surface area contributed by atoms with Gasteiger partial charge in [0.05, 0.1) is 13.2 Å². The third-order valence-electron chi connectivity index (χ3n) is 7.40. The average Bonchev–Trinajstić information content (AvgIpc) is 2.86. The van der Waals surface area contributed by atoms with Crippen LogP contribution in [-0.2, 0) is 11.8 Å². The van der Waals surface area contributed by atoms with Gasteiger partial charge in [0.25, 0.3) is 0 Å². The van der Waals surface area contributed by atoms with Gasteiger partial charge in [-0.1, -0.05) is 13.3 Å². The van der Waals surface area contributed by atoms with E-state index in [4.69, 9.17) is 9.47 Å². The van der Waals surface area contributed by atoms with Gasteiger partial charge in [0.1, 0.15) is 6.10 Å². The van der Waals surface area contributed by atoms with Crippen LogP contribution >= 0.6 is 0 Å². The van der Waals surface area contributed by atoms with Gasteiger partial charge in [0.15, 0.2) is 11.5 Å². The largest absolute Gasteiger partial charge is 0.493 e. The van der Waals surface area contributed by atoms with Crippen LogP contribution < -0.4 is 9.47 Å². The van der Waals surface area contributed by atoms with Crippen molar-refractivity contribution in [2.24, 2.45) is 17.8 Å². The second kappa shape index (κ2) is 4.44. The van der Waals surface area contributed by atoms with Gasteiger partial charge in [-0.05, 0) is 67.6 Å². The van der Waals surface area contributed by atoms with Crippen LogP contribution in [0, 0.1) is 24.7 Å². The summed E-state index contributed by atoms with van der Waals surface area (Å²) < 4.78 is 12.1. The predicted octanol–water partition coefficient (Wildman–Crippen LogP) is 3.38. The summed E-state index contributed by atoms with van der Waals surface area (Å²) in [5, 5.41) is 10.9. The topological polar surface area (TPSA) is 38.7 Å². The molecule has 1 heterocycles. The number of ether oxygens (including phenoxy) is 2. The van der Waals surface area contributed by atoms with Crippen LogP contribution in [0.25, 0.3) is 0 Å². The van der Waals surface area contributed by atoms with Crippen LogP contribution in [0.5, 0.6) is 11.5 Å². The molecule has 2 fully saturated rings. The lowest BCUT2D eigenvalue weighted by molar-refractivity contribution is -0.112. The molecule has 1 aromatic carbocycles. The van der Waals surface area contributed by atoms with Crippen LogP contribution in [0.2, 0.25) is 0 Å². The molecule has 0 unspecified atom stereocenters. The molecular weight excluding hydrogens is 288 g/mol. The highest BCUT2D eigenvalue weighted by Gasteiger charge is 2.65. The monoisotopic (exact) mass is 314 g/mol. The van der Waals surface area contributed by atoms with Gasteiger partial charge in [-0.25, -0.2) is 0 Å². The lowest BCUT2D eigenvalue weighted by Gasteiger charge is -2.57. The normalized spacial score (nSPS) is 42.9. The average molecular weight is 314 g/mol. The first-order chi connectivity index (χ1) is 11.1. The van der Waals surface area contributed by atoms with E-state index in [1.807, 2.05) is 0 Å². The summed E-state index contributed by atoms with van der Waals surface area (Å²) >= 11 is 0. The fraction of sp³-hybridized carbons (Fsp3) is 0.700. The fourth-order valence-corrected chi connectivity index (χ4v) is 6.45. The second-order valence-electron chi connectivity index (χ2n) is 8.32. The number of benzene rings is 1. The first-order valence-electron chi connectivity index (χ1n) is 9.13. The van der Waals surface area contributed by atoms with E-state index in [1.54, 1.807) is 7.11 Å². The molecule has 1 spiro atoms. The van der Waals surface area contributed by atoms with Gasteiger partial charge in [-0.15, -0.1) is 0 Å². The number of aliphatic hydroxyl groups excluding tert-OH is 1. The van der Waals surface area contributed by atoms with Crippen molar-refractivity contribution < 1.29 is 14.6 Å². The minimum absolute atomic E-state index is 0.0388. The number of hydrogen-bond donors (Lipinski definition) is 1. The predicted molar refractivity (Wildman–Crippen MR) is 88.1 cm³/mol. The van der Waals surface area contributed by atoms with Crippen molar-refractivity contribution in [3.8, 4) is 11.5 Å². The van der Waals surface area contributed by atoms with E-state index >= 15 is 0 Å². The van der Waals surface area contributed by atoms with Crippen LogP contribution in [0.1, 0.15) is 49.3 Å². The molecule has 2 saturated carbocycles. The standard InChI is InChI=1S/C20H26O3/c1-10-8-15(22-3)18-16-13(10)9-12-5-4-6-20(16)14(12)7-11(2)17(21)19(20)23-18/h8,11-12,14,17,19,21H,4-7,9H2,1-3H3/t11-,12-,14+,17+,19+,20+/m1/s1. The molecule has 0 aromatic heterocycles. The lowest BCUT2D eigenvalue weighted by Crippen LogP contribution is -2.62. The summed E-state index contributed by atoms with van der Waals surface area (Å²) in [5.41, 5.74) is 4.27. The summed E-state index contributed by atoms with van der Waals surface area (Å²) in [6.07, 6.45) is 5.64. The summed E-state index contributed by atoms with van der Waals surface area (Å²) in [6, 6.07) is 2.13. The van der Waals surface area contributed by atoms with Crippen molar-refractivity contribution in [3.05, 3.63) is 22.8 Å². The first-order valence-corrected chi connectivity index (χ1v) is 9.13. The zero-order valence-electron chi connectivity index (χ0n) is 14.3. The summed E-state index contributed by atoms with van der Waals surface area (Å²) in [7, 11) is 1.73. The lowest BCUT2D eigenvalue weighted by atomic mass is 9.46. The fourth-order valence-electron chi connectivity index (χ4n) is 6.45. The molecule has 3 nitrogen and oxygen atoms in total. The molecule has 1 aromatic rings. The third-order valence-corrected chi connectivity index (χ3v) is 7.40. The van der Waals surface area contributed by atoms with E-state index < -0.39 is 0 Å². The van der Waals surface area contributed by atoms with Crippen LogP contribution in [-0.4, -0.2) is 24.4 Å². The molecule has 124 valence electrons. The molecule has 4 aliphatic rings. The van der Waals surface area contributed by atoms with E-state index in [0.29, 0.717) is 11.8 Å². The Morgan fingerprint density at radius 3 is 3.00 bits per heavy atom. The smallest absolute Gasteiger partial charge is 0.165 e. The number of aryl methyl sites for hydroxylation is 1. The van der Waals surface area contributed by atoms with Crippen molar-refractivity contribution in [2.75, 3.05) is 7.11 Å². The van der Waals surface area contributed by atoms with E-state index in [-0.39, 0.29) is 17.6 Å². The maximum absolute atomic E-state index is 10.9. The maximum Gasteiger partial charge on any atom is 0.165 e. The quantitative estimate of drug-likeness (QED) is 0.864. The van der Waals surface area contributed by atoms with Gasteiger partial charge in [-0.3, -0.25) is 0 Å². The van der Waals surface area contributed by atoms with Crippen molar-refractivity contribution in [2.45, 2.75) is 63.6 Å². The van der Waals surface area contributed by atoms with Crippen molar-refractivity contribution in [1.29, 1.82) is 0 Å². The first kappa shape index (κ1) is 14.2. The van der Waals surface area contributed by atoms with Gasteiger partial charge in [0.2, 0.25) is 0 Å². The Kier molecular flexibility index (Phi) is 2.73. The SMILES string of the molecule is COc1cc(C)c2c3c1O[C@H]1[C@@H](O)[C@H](C)C[C@H]4[C@H](CCC[C@@]341)C2. The number of rotatable bonds is 1. The zero-order valence-corrected chi connectivity index (χ0v) is 14.3. The molecule has 0 saturated heterocycles. The molecule has 0 amide bonds. The van der Waals surface area contributed by atoms with E-state index in [0.717, 1.165) is 30.3 Å². The minimum Gasteiger partial charge on any atom is -0.493 e. The van der Waals surface area contributed by atoms with Crippen LogP contribution in [0.4, 0.5) is 0 Å². The summed E-state index contributed by atoms with van der Waals surface area (Å²) in [4.78, 5) is 0. The van der Waals surface area contributed by atoms with E-state index in [9.17, 15) is 5.11 Å². The van der Waals surface area contributed by atoms with Crippen molar-refractivity contribution in [3.63, 3.8) is 0 Å². The Bertz CT molecular complexity index is 682. The van der Waals surface area contributed by atoms with Crippen molar-refractivity contribution in [1.82, 2.24) is 0 Å². The van der Waals surface area contributed by atoms with Crippen LogP contribution in [0.15, 0.2) is 6.07 Å². The molecule has 3 heteroatoms. The Labute approximate surface area is 138 Å². The summed E-state index contributed by atoms with van der Waals surface area (Å²) in [5.74, 6) is 3.54. The van der Waals surface area contributed by atoms with Crippen molar-refractivity contribution >= 4 is 0 Å². The molecule has 1 N–H and O–H groups in total. The number of hydrogen-bond acceptors (Lipinski definition) is 3. The van der Waals surface area contributed by atoms with Gasteiger partial charge < -0.3 is 14.6 Å². The molecule has 3 aliphatic carbocycles. The number of aliphatic hydroxyl groups is 1. The highest BCUT2D eigenvalue weighted by atomic mass is 16.5. The van der Waals surface area contributed by atoms with E-state index in [2.05, 4.69) is 19.9 Å². The Morgan fingerprint density at radius 2 is 2.22 bits per heavy atom.